The Morgan fingerprint density at radius 1 is 1.53 bits per heavy atom. The molecule has 1 aromatic carbocycles. The van der Waals surface area contributed by atoms with Crippen molar-refractivity contribution in [2.45, 2.75) is 25.4 Å². The Labute approximate surface area is 119 Å². The van der Waals surface area contributed by atoms with Crippen molar-refractivity contribution >= 4 is 17.7 Å². The lowest BCUT2D eigenvalue weighted by Gasteiger charge is -2.18. The fourth-order valence-corrected chi connectivity index (χ4v) is 2.18. The van der Waals surface area contributed by atoms with E-state index >= 15 is 0 Å². The first-order valence-electron chi connectivity index (χ1n) is 6.27. The summed E-state index contributed by atoms with van der Waals surface area (Å²) in [7, 11) is 1.63. The van der Waals surface area contributed by atoms with E-state index in [2.05, 4.69) is 5.32 Å². The van der Waals surface area contributed by atoms with Crippen molar-refractivity contribution in [3.63, 3.8) is 0 Å². The number of carbonyl (C=O) groups excluding carboxylic acids is 1. The number of rotatable bonds is 7. The SMILES string of the molecule is COc1cccc([C@@H](C)NC(=O)[C@H](N)CCSC)c1. The molecule has 1 amide bonds. The number of nitrogens with one attached hydrogen (secondary N) is 1. The van der Waals surface area contributed by atoms with Crippen LogP contribution in [-0.2, 0) is 4.79 Å². The largest absolute Gasteiger partial charge is 0.497 e. The Hall–Kier alpha value is -1.20. The van der Waals surface area contributed by atoms with E-state index in [1.165, 1.54) is 0 Å². The molecule has 0 aromatic heterocycles. The summed E-state index contributed by atoms with van der Waals surface area (Å²) in [6.07, 6.45) is 2.70. The summed E-state index contributed by atoms with van der Waals surface area (Å²) >= 11 is 1.69. The van der Waals surface area contributed by atoms with Gasteiger partial charge in [0.1, 0.15) is 5.75 Å². The predicted octanol–water partition coefficient (Wildman–Crippen LogP) is 1.95. The Morgan fingerprint density at radius 3 is 2.89 bits per heavy atom. The minimum absolute atomic E-state index is 0.0806. The molecular formula is C14H22N2O2S. The zero-order chi connectivity index (χ0) is 14.3. The lowest BCUT2D eigenvalue weighted by Crippen LogP contribution is -2.41. The number of hydrogen-bond donors (Lipinski definition) is 2. The maximum absolute atomic E-state index is 11.9. The molecule has 1 rings (SSSR count). The second-order valence-corrected chi connectivity index (χ2v) is 5.38. The van der Waals surface area contributed by atoms with Gasteiger partial charge in [-0.2, -0.15) is 11.8 Å². The Balaban J connectivity index is 2.58. The van der Waals surface area contributed by atoms with Gasteiger partial charge in [-0.15, -0.1) is 0 Å². The van der Waals surface area contributed by atoms with Crippen LogP contribution in [0.2, 0.25) is 0 Å². The van der Waals surface area contributed by atoms with E-state index in [4.69, 9.17) is 10.5 Å². The van der Waals surface area contributed by atoms with E-state index in [1.807, 2.05) is 37.4 Å². The number of hydrogen-bond acceptors (Lipinski definition) is 4. The van der Waals surface area contributed by atoms with Crippen molar-refractivity contribution in [3.8, 4) is 5.75 Å². The molecule has 4 nitrogen and oxygen atoms in total. The third-order valence-electron chi connectivity index (χ3n) is 2.92. The van der Waals surface area contributed by atoms with E-state index in [-0.39, 0.29) is 11.9 Å². The monoisotopic (exact) mass is 282 g/mol. The van der Waals surface area contributed by atoms with Crippen LogP contribution in [-0.4, -0.2) is 31.1 Å². The van der Waals surface area contributed by atoms with E-state index in [1.54, 1.807) is 18.9 Å². The van der Waals surface area contributed by atoms with Gasteiger partial charge in [0.05, 0.1) is 19.2 Å². The van der Waals surface area contributed by atoms with Crippen LogP contribution in [0.15, 0.2) is 24.3 Å². The van der Waals surface area contributed by atoms with Gasteiger partial charge in [0.15, 0.2) is 0 Å². The van der Waals surface area contributed by atoms with E-state index in [9.17, 15) is 4.79 Å². The molecular weight excluding hydrogens is 260 g/mol. The van der Waals surface area contributed by atoms with Gasteiger partial charge in [-0.1, -0.05) is 12.1 Å². The van der Waals surface area contributed by atoms with Crippen molar-refractivity contribution in [2.24, 2.45) is 5.73 Å². The summed E-state index contributed by atoms with van der Waals surface area (Å²) in [5.41, 5.74) is 6.84. The third kappa shape index (κ3) is 5.12. The molecule has 0 heterocycles. The quantitative estimate of drug-likeness (QED) is 0.802. The van der Waals surface area contributed by atoms with Crippen LogP contribution < -0.4 is 15.8 Å². The average molecular weight is 282 g/mol. The van der Waals surface area contributed by atoms with Gasteiger partial charge in [0, 0.05) is 0 Å². The molecule has 1 aromatic rings. The summed E-state index contributed by atoms with van der Waals surface area (Å²) in [6.45, 7) is 1.94. The number of carbonyl (C=O) groups is 1. The second-order valence-electron chi connectivity index (χ2n) is 4.39. The number of benzene rings is 1. The van der Waals surface area contributed by atoms with Crippen molar-refractivity contribution in [1.29, 1.82) is 0 Å². The molecule has 5 heteroatoms. The summed E-state index contributed by atoms with van der Waals surface area (Å²) < 4.78 is 5.17. The predicted molar refractivity (Wildman–Crippen MR) is 80.5 cm³/mol. The molecule has 0 spiro atoms. The van der Waals surface area contributed by atoms with Crippen LogP contribution in [0.25, 0.3) is 0 Å². The highest BCUT2D eigenvalue weighted by molar-refractivity contribution is 7.98. The molecule has 0 bridgehead atoms. The van der Waals surface area contributed by atoms with Crippen LogP contribution >= 0.6 is 11.8 Å². The minimum atomic E-state index is -0.444. The second kappa shape index (κ2) is 8.07. The van der Waals surface area contributed by atoms with Gasteiger partial charge in [-0.05, 0) is 43.0 Å². The highest BCUT2D eigenvalue weighted by Gasteiger charge is 2.16. The summed E-state index contributed by atoms with van der Waals surface area (Å²) in [6, 6.07) is 7.13. The first-order chi connectivity index (χ1) is 9.08. The van der Waals surface area contributed by atoms with E-state index in [0.717, 1.165) is 17.1 Å². The standard InChI is InChI=1S/C14H22N2O2S/c1-10(11-5-4-6-12(9-11)18-2)16-14(17)13(15)7-8-19-3/h4-6,9-10,13H,7-8,15H2,1-3H3,(H,16,17)/t10-,13-/m1/s1. The molecule has 0 saturated heterocycles. The van der Waals surface area contributed by atoms with Gasteiger partial charge in [0.25, 0.3) is 0 Å². The molecule has 0 aliphatic carbocycles. The third-order valence-corrected chi connectivity index (χ3v) is 3.57. The molecule has 2 atom stereocenters. The molecule has 0 fully saturated rings. The first kappa shape index (κ1) is 15.9. The molecule has 106 valence electrons. The summed E-state index contributed by atoms with van der Waals surface area (Å²) in [5, 5.41) is 2.93. The van der Waals surface area contributed by atoms with Crippen molar-refractivity contribution < 1.29 is 9.53 Å². The van der Waals surface area contributed by atoms with E-state index < -0.39 is 6.04 Å². The van der Waals surface area contributed by atoms with E-state index in [0.29, 0.717) is 6.42 Å². The van der Waals surface area contributed by atoms with Gasteiger partial charge in [-0.3, -0.25) is 4.79 Å². The topological polar surface area (TPSA) is 64.3 Å². The molecule has 0 unspecified atom stereocenters. The fraction of sp³-hybridized carbons (Fsp3) is 0.500. The van der Waals surface area contributed by atoms with Gasteiger partial charge < -0.3 is 15.8 Å². The van der Waals surface area contributed by atoms with Crippen LogP contribution in [0.5, 0.6) is 5.75 Å². The lowest BCUT2D eigenvalue weighted by atomic mass is 10.1. The first-order valence-corrected chi connectivity index (χ1v) is 7.66. The van der Waals surface area contributed by atoms with Crippen molar-refractivity contribution in [3.05, 3.63) is 29.8 Å². The number of amides is 1. The minimum Gasteiger partial charge on any atom is -0.497 e. The zero-order valence-corrected chi connectivity index (χ0v) is 12.5. The van der Waals surface area contributed by atoms with Crippen LogP contribution in [0.4, 0.5) is 0 Å². The molecule has 3 N–H and O–H groups in total. The number of ether oxygens (including phenoxy) is 1. The normalized spacial score (nSPS) is 13.7. The maximum atomic E-state index is 11.9. The smallest absolute Gasteiger partial charge is 0.237 e. The maximum Gasteiger partial charge on any atom is 0.237 e. The highest BCUT2D eigenvalue weighted by Crippen LogP contribution is 2.18. The van der Waals surface area contributed by atoms with Crippen LogP contribution in [0, 0.1) is 0 Å². The van der Waals surface area contributed by atoms with Crippen molar-refractivity contribution in [1.82, 2.24) is 5.32 Å². The lowest BCUT2D eigenvalue weighted by molar-refractivity contribution is -0.123. The Morgan fingerprint density at radius 2 is 2.26 bits per heavy atom. The summed E-state index contributed by atoms with van der Waals surface area (Å²) in [4.78, 5) is 11.9. The summed E-state index contributed by atoms with van der Waals surface area (Å²) in [5.74, 6) is 1.57. The highest BCUT2D eigenvalue weighted by atomic mass is 32.2. The van der Waals surface area contributed by atoms with Crippen molar-refractivity contribution in [2.75, 3.05) is 19.1 Å². The fourth-order valence-electron chi connectivity index (χ4n) is 1.69. The molecule has 0 radical (unpaired) electrons. The van der Waals surface area contributed by atoms with Crippen LogP contribution in [0.3, 0.4) is 0 Å². The van der Waals surface area contributed by atoms with Gasteiger partial charge in [-0.25, -0.2) is 0 Å². The van der Waals surface area contributed by atoms with Gasteiger partial charge >= 0.3 is 0 Å². The Bertz CT molecular complexity index is 412. The molecule has 19 heavy (non-hydrogen) atoms. The zero-order valence-electron chi connectivity index (χ0n) is 11.7. The number of thioether (sulfide) groups is 1. The number of nitrogens with two attached hydrogens (primary N) is 1. The van der Waals surface area contributed by atoms with Crippen LogP contribution in [0.1, 0.15) is 24.9 Å². The number of methoxy groups -OCH3 is 1. The molecule has 0 aliphatic rings. The molecule has 0 aliphatic heterocycles. The Kier molecular flexibility index (Phi) is 6.73. The average Bonchev–Trinajstić information content (AvgIpc) is 2.44. The van der Waals surface area contributed by atoms with Gasteiger partial charge in [0.2, 0.25) is 5.91 Å². The molecule has 0 saturated carbocycles.